The average molecular weight is 392 g/mol. The van der Waals surface area contributed by atoms with Crippen molar-refractivity contribution >= 4 is 34.8 Å². The molecule has 0 aliphatic carbocycles. The van der Waals surface area contributed by atoms with E-state index in [1.807, 2.05) is 0 Å². The van der Waals surface area contributed by atoms with Crippen molar-refractivity contribution in [1.29, 1.82) is 0 Å². The molecule has 27 heavy (non-hydrogen) atoms. The van der Waals surface area contributed by atoms with Crippen LogP contribution in [0.5, 0.6) is 11.5 Å². The number of amides is 2. The molecule has 0 spiro atoms. The molecule has 0 fully saturated rings. The molecular formula is C19H22ClN3O4. The number of benzene rings is 2. The number of hydrogen-bond acceptors (Lipinski definition) is 5. The maximum atomic E-state index is 12.2. The number of halogens is 1. The molecule has 2 rings (SSSR count). The van der Waals surface area contributed by atoms with E-state index in [9.17, 15) is 9.59 Å². The first kappa shape index (κ1) is 20.5. The Morgan fingerprint density at radius 1 is 0.963 bits per heavy atom. The van der Waals surface area contributed by atoms with Crippen molar-refractivity contribution in [2.24, 2.45) is 0 Å². The lowest BCUT2D eigenvalue weighted by molar-refractivity contribution is -0.119. The summed E-state index contributed by atoms with van der Waals surface area (Å²) in [5.41, 5.74) is 1.06. The molecule has 2 aromatic carbocycles. The second-order valence-corrected chi connectivity index (χ2v) is 6.22. The number of methoxy groups -OCH3 is 2. The van der Waals surface area contributed by atoms with Crippen LogP contribution in [0.4, 0.5) is 11.4 Å². The summed E-state index contributed by atoms with van der Waals surface area (Å²) in [6.45, 7) is 0.0729. The molecule has 2 amide bonds. The van der Waals surface area contributed by atoms with Crippen molar-refractivity contribution in [3.05, 3.63) is 47.5 Å². The summed E-state index contributed by atoms with van der Waals surface area (Å²) >= 11 is 6.02. The van der Waals surface area contributed by atoms with E-state index >= 15 is 0 Å². The van der Waals surface area contributed by atoms with Crippen LogP contribution in [0.3, 0.4) is 0 Å². The molecule has 0 aliphatic rings. The fourth-order valence-electron chi connectivity index (χ4n) is 2.39. The van der Waals surface area contributed by atoms with E-state index in [1.165, 1.54) is 7.11 Å². The van der Waals surface area contributed by atoms with Crippen molar-refractivity contribution in [1.82, 2.24) is 4.90 Å². The van der Waals surface area contributed by atoms with Gasteiger partial charge in [0.2, 0.25) is 11.8 Å². The molecule has 0 bridgehead atoms. The fraction of sp³-hybridized carbons (Fsp3) is 0.263. The van der Waals surface area contributed by atoms with Gasteiger partial charge in [-0.25, -0.2) is 0 Å². The van der Waals surface area contributed by atoms with E-state index in [-0.39, 0.29) is 24.9 Å². The van der Waals surface area contributed by atoms with Crippen molar-refractivity contribution in [2.45, 2.75) is 0 Å². The summed E-state index contributed by atoms with van der Waals surface area (Å²) < 4.78 is 10.4. The quantitative estimate of drug-likeness (QED) is 0.723. The van der Waals surface area contributed by atoms with Gasteiger partial charge in [-0.05, 0) is 31.3 Å². The van der Waals surface area contributed by atoms with Crippen molar-refractivity contribution in [3.8, 4) is 11.5 Å². The van der Waals surface area contributed by atoms with Gasteiger partial charge in [0.25, 0.3) is 0 Å². The summed E-state index contributed by atoms with van der Waals surface area (Å²) in [5.74, 6) is 0.576. The van der Waals surface area contributed by atoms with Gasteiger partial charge in [-0.1, -0.05) is 23.7 Å². The van der Waals surface area contributed by atoms with Gasteiger partial charge >= 0.3 is 0 Å². The maximum Gasteiger partial charge on any atom is 0.238 e. The molecule has 7 nitrogen and oxygen atoms in total. The minimum absolute atomic E-state index is 0.0329. The number of ether oxygens (including phenoxy) is 2. The molecule has 2 N–H and O–H groups in total. The Balaban J connectivity index is 1.88. The molecular weight excluding hydrogens is 370 g/mol. The molecule has 0 atom stereocenters. The van der Waals surface area contributed by atoms with Crippen molar-refractivity contribution in [3.63, 3.8) is 0 Å². The van der Waals surface area contributed by atoms with Gasteiger partial charge in [-0.2, -0.15) is 0 Å². The summed E-state index contributed by atoms with van der Waals surface area (Å²) in [6, 6.07) is 12.1. The van der Waals surface area contributed by atoms with E-state index in [4.69, 9.17) is 21.1 Å². The Labute approximate surface area is 163 Å². The average Bonchev–Trinajstić information content (AvgIpc) is 2.63. The Morgan fingerprint density at radius 3 is 2.19 bits per heavy atom. The highest BCUT2D eigenvalue weighted by molar-refractivity contribution is 6.33. The largest absolute Gasteiger partial charge is 0.497 e. The third-order valence-electron chi connectivity index (χ3n) is 3.66. The Hall–Kier alpha value is -2.77. The van der Waals surface area contributed by atoms with Gasteiger partial charge in [-0.3, -0.25) is 14.5 Å². The van der Waals surface area contributed by atoms with Crippen molar-refractivity contribution < 1.29 is 19.1 Å². The van der Waals surface area contributed by atoms with Gasteiger partial charge < -0.3 is 20.1 Å². The SMILES string of the molecule is COc1ccc(NC(=O)CN(C)CC(=O)Nc2ccccc2Cl)c(OC)c1. The third-order valence-corrected chi connectivity index (χ3v) is 3.99. The van der Waals surface area contributed by atoms with E-state index < -0.39 is 0 Å². The zero-order valence-electron chi connectivity index (χ0n) is 15.4. The van der Waals surface area contributed by atoms with Crippen LogP contribution >= 0.6 is 11.6 Å². The minimum atomic E-state index is -0.272. The first-order chi connectivity index (χ1) is 12.9. The molecule has 0 aliphatic heterocycles. The lowest BCUT2D eigenvalue weighted by Crippen LogP contribution is -2.36. The molecule has 0 heterocycles. The lowest BCUT2D eigenvalue weighted by Gasteiger charge is -2.17. The molecule has 0 aromatic heterocycles. The molecule has 2 aromatic rings. The number of likely N-dealkylation sites (N-methyl/N-ethyl adjacent to an activating group) is 1. The molecule has 8 heteroatoms. The number of anilines is 2. The van der Waals surface area contributed by atoms with E-state index in [2.05, 4.69) is 10.6 Å². The fourth-order valence-corrected chi connectivity index (χ4v) is 2.57. The van der Waals surface area contributed by atoms with E-state index in [0.717, 1.165) is 0 Å². The Kier molecular flexibility index (Phi) is 7.45. The Morgan fingerprint density at radius 2 is 1.59 bits per heavy atom. The van der Waals surface area contributed by atoms with Crippen LogP contribution in [-0.4, -0.2) is 51.1 Å². The van der Waals surface area contributed by atoms with Crippen LogP contribution in [0.1, 0.15) is 0 Å². The summed E-state index contributed by atoms with van der Waals surface area (Å²) in [5, 5.41) is 5.93. The molecule has 0 saturated carbocycles. The van der Waals surface area contributed by atoms with Crippen LogP contribution in [0.25, 0.3) is 0 Å². The van der Waals surface area contributed by atoms with E-state index in [1.54, 1.807) is 61.5 Å². The van der Waals surface area contributed by atoms with Gasteiger partial charge in [0.1, 0.15) is 11.5 Å². The highest BCUT2D eigenvalue weighted by Crippen LogP contribution is 2.28. The molecule has 0 saturated heterocycles. The number of para-hydroxylation sites is 1. The van der Waals surface area contributed by atoms with Crippen LogP contribution in [-0.2, 0) is 9.59 Å². The predicted molar refractivity (Wildman–Crippen MR) is 106 cm³/mol. The van der Waals surface area contributed by atoms with Gasteiger partial charge in [0, 0.05) is 6.07 Å². The first-order valence-corrected chi connectivity index (χ1v) is 8.55. The predicted octanol–water partition coefficient (Wildman–Crippen LogP) is 2.87. The van der Waals surface area contributed by atoms with Crippen LogP contribution in [0.2, 0.25) is 5.02 Å². The third kappa shape index (κ3) is 6.16. The number of hydrogen-bond donors (Lipinski definition) is 2. The summed E-state index contributed by atoms with van der Waals surface area (Å²) in [4.78, 5) is 26.0. The maximum absolute atomic E-state index is 12.2. The van der Waals surface area contributed by atoms with Gasteiger partial charge in [0.15, 0.2) is 0 Å². The normalized spacial score (nSPS) is 10.4. The van der Waals surface area contributed by atoms with Crippen molar-refractivity contribution in [2.75, 3.05) is 45.0 Å². The topological polar surface area (TPSA) is 79.9 Å². The Bertz CT molecular complexity index is 813. The molecule has 0 unspecified atom stereocenters. The van der Waals surface area contributed by atoms with Crippen LogP contribution < -0.4 is 20.1 Å². The summed E-state index contributed by atoms with van der Waals surface area (Å²) in [6.07, 6.45) is 0. The lowest BCUT2D eigenvalue weighted by atomic mass is 10.2. The number of carbonyl (C=O) groups is 2. The molecule has 144 valence electrons. The van der Waals surface area contributed by atoms with Crippen LogP contribution in [0.15, 0.2) is 42.5 Å². The second-order valence-electron chi connectivity index (χ2n) is 5.81. The number of nitrogens with zero attached hydrogens (tertiary/aromatic N) is 1. The second kappa shape index (κ2) is 9.80. The molecule has 0 radical (unpaired) electrons. The number of rotatable bonds is 8. The zero-order chi connectivity index (χ0) is 19.8. The van der Waals surface area contributed by atoms with Crippen LogP contribution in [0, 0.1) is 0 Å². The standard InChI is InChI=1S/C19H22ClN3O4/c1-23(11-18(24)21-15-7-5-4-6-14(15)20)12-19(25)22-16-9-8-13(26-2)10-17(16)27-3/h4-10H,11-12H2,1-3H3,(H,21,24)(H,22,25). The van der Waals surface area contributed by atoms with E-state index in [0.29, 0.717) is 27.9 Å². The highest BCUT2D eigenvalue weighted by atomic mass is 35.5. The smallest absolute Gasteiger partial charge is 0.238 e. The van der Waals surface area contributed by atoms with Gasteiger partial charge in [0.05, 0.1) is 43.7 Å². The zero-order valence-corrected chi connectivity index (χ0v) is 16.2. The number of carbonyl (C=O) groups excluding carboxylic acids is 2. The highest BCUT2D eigenvalue weighted by Gasteiger charge is 2.14. The first-order valence-electron chi connectivity index (χ1n) is 8.17. The summed E-state index contributed by atoms with van der Waals surface area (Å²) in [7, 11) is 4.74. The monoisotopic (exact) mass is 391 g/mol. The van der Waals surface area contributed by atoms with Gasteiger partial charge in [-0.15, -0.1) is 0 Å². The minimum Gasteiger partial charge on any atom is -0.497 e. The number of nitrogens with one attached hydrogen (secondary N) is 2.